The van der Waals surface area contributed by atoms with Gasteiger partial charge in [0.15, 0.2) is 0 Å². The van der Waals surface area contributed by atoms with E-state index in [0.29, 0.717) is 5.92 Å². The molecule has 1 N–H and O–H groups in total. The molecule has 0 radical (unpaired) electrons. The lowest BCUT2D eigenvalue weighted by Gasteiger charge is -2.31. The number of rotatable bonds is 4. The number of likely N-dealkylation sites (tertiary alicyclic amines) is 1. The van der Waals surface area contributed by atoms with Crippen molar-refractivity contribution in [1.29, 1.82) is 0 Å². The summed E-state index contributed by atoms with van der Waals surface area (Å²) in [6, 6.07) is 8.42. The van der Waals surface area contributed by atoms with Gasteiger partial charge in [0, 0.05) is 17.5 Å². The van der Waals surface area contributed by atoms with Gasteiger partial charge >= 0.3 is 0 Å². The van der Waals surface area contributed by atoms with Gasteiger partial charge in [-0.05, 0) is 63.7 Å². The van der Waals surface area contributed by atoms with Crippen LogP contribution >= 0.6 is 0 Å². The summed E-state index contributed by atoms with van der Waals surface area (Å²) in [5, 5.41) is 4.86. The molecule has 1 aromatic heterocycles. The van der Waals surface area contributed by atoms with Crippen molar-refractivity contribution in [3.8, 4) is 5.88 Å². The van der Waals surface area contributed by atoms with Gasteiger partial charge in [0.1, 0.15) is 0 Å². The molecule has 25 heavy (non-hydrogen) atoms. The summed E-state index contributed by atoms with van der Waals surface area (Å²) in [4.78, 5) is 7.40. The number of anilines is 1. The third kappa shape index (κ3) is 3.59. The topological polar surface area (TPSA) is 37.4 Å². The van der Waals surface area contributed by atoms with E-state index in [9.17, 15) is 0 Å². The lowest BCUT2D eigenvalue weighted by Crippen LogP contribution is -2.35. The fraction of sp³-hybridized carbons (Fsp3) is 0.571. The molecule has 4 heteroatoms. The molecule has 1 aromatic carbocycles. The predicted molar refractivity (Wildman–Crippen MR) is 104 cm³/mol. The molecule has 0 spiro atoms. The first-order valence-corrected chi connectivity index (χ1v) is 9.86. The first-order valence-electron chi connectivity index (χ1n) is 9.86. The number of para-hydroxylation sites is 1. The standard InChI is InChI=1S/C21H29N3O/c1-2-24-13-10-16(11-14-24)15-25-21-18-8-5-6-12-22-20(18)17-7-3-4-9-19(17)23-21/h3-4,7,9,16,22H,2,5-6,8,10-15H2,1H3. The number of aromatic nitrogens is 1. The second-order valence-electron chi connectivity index (χ2n) is 7.36. The van der Waals surface area contributed by atoms with Crippen LogP contribution in [0.5, 0.6) is 5.88 Å². The molecule has 4 rings (SSSR count). The Balaban J connectivity index is 1.56. The van der Waals surface area contributed by atoms with Gasteiger partial charge in [-0.1, -0.05) is 25.1 Å². The highest BCUT2D eigenvalue weighted by molar-refractivity contribution is 5.94. The molecule has 0 amide bonds. The van der Waals surface area contributed by atoms with Crippen LogP contribution in [0.25, 0.3) is 10.9 Å². The van der Waals surface area contributed by atoms with Crippen LogP contribution in [-0.2, 0) is 6.42 Å². The maximum Gasteiger partial charge on any atom is 0.219 e. The van der Waals surface area contributed by atoms with Gasteiger partial charge in [0.25, 0.3) is 0 Å². The zero-order valence-electron chi connectivity index (χ0n) is 15.3. The normalized spacial score (nSPS) is 19.2. The largest absolute Gasteiger partial charge is 0.477 e. The summed E-state index contributed by atoms with van der Waals surface area (Å²) in [7, 11) is 0. The number of pyridine rings is 1. The SMILES string of the molecule is CCN1CCC(COc2nc3ccccc3c3c2CCCCN3)CC1. The molecular weight excluding hydrogens is 310 g/mol. The van der Waals surface area contributed by atoms with Crippen LogP contribution in [0.1, 0.15) is 38.2 Å². The Morgan fingerprint density at radius 3 is 2.88 bits per heavy atom. The maximum atomic E-state index is 6.31. The fourth-order valence-electron chi connectivity index (χ4n) is 4.09. The molecule has 1 saturated heterocycles. The summed E-state index contributed by atoms with van der Waals surface area (Å²) in [5.74, 6) is 1.52. The lowest BCUT2D eigenvalue weighted by molar-refractivity contribution is 0.143. The Kier molecular flexibility index (Phi) is 5.07. The molecular formula is C21H29N3O. The van der Waals surface area contributed by atoms with Crippen molar-refractivity contribution < 1.29 is 4.74 Å². The monoisotopic (exact) mass is 339 g/mol. The van der Waals surface area contributed by atoms with E-state index >= 15 is 0 Å². The van der Waals surface area contributed by atoms with Gasteiger partial charge in [-0.25, -0.2) is 4.98 Å². The molecule has 2 aliphatic heterocycles. The smallest absolute Gasteiger partial charge is 0.219 e. The Labute approximate surface area is 150 Å². The van der Waals surface area contributed by atoms with Gasteiger partial charge < -0.3 is 15.0 Å². The Hall–Kier alpha value is -1.81. The Morgan fingerprint density at radius 2 is 2.04 bits per heavy atom. The molecule has 4 nitrogen and oxygen atoms in total. The number of hydrogen-bond acceptors (Lipinski definition) is 4. The number of piperidine rings is 1. The lowest BCUT2D eigenvalue weighted by atomic mass is 9.98. The van der Waals surface area contributed by atoms with Crippen molar-refractivity contribution in [1.82, 2.24) is 9.88 Å². The summed E-state index contributed by atoms with van der Waals surface area (Å²) in [6.45, 7) is 7.66. The van der Waals surface area contributed by atoms with E-state index in [1.54, 1.807) is 0 Å². The minimum absolute atomic E-state index is 0.658. The minimum Gasteiger partial charge on any atom is -0.477 e. The van der Waals surface area contributed by atoms with Crippen LogP contribution in [0.2, 0.25) is 0 Å². The Morgan fingerprint density at radius 1 is 1.20 bits per heavy atom. The summed E-state index contributed by atoms with van der Waals surface area (Å²) in [5.41, 5.74) is 3.56. The van der Waals surface area contributed by atoms with E-state index in [2.05, 4.69) is 41.4 Å². The van der Waals surface area contributed by atoms with Gasteiger partial charge in [-0.2, -0.15) is 0 Å². The predicted octanol–water partition coefficient (Wildman–Crippen LogP) is 4.09. The number of nitrogens with one attached hydrogen (secondary N) is 1. The van der Waals surface area contributed by atoms with Crippen molar-refractivity contribution in [2.75, 3.05) is 38.1 Å². The van der Waals surface area contributed by atoms with Gasteiger partial charge in [0.2, 0.25) is 5.88 Å². The number of hydrogen-bond donors (Lipinski definition) is 1. The quantitative estimate of drug-likeness (QED) is 0.910. The molecule has 0 atom stereocenters. The van der Waals surface area contributed by atoms with Crippen LogP contribution < -0.4 is 10.1 Å². The Bertz CT molecular complexity index is 722. The van der Waals surface area contributed by atoms with E-state index in [4.69, 9.17) is 9.72 Å². The van der Waals surface area contributed by atoms with Crippen LogP contribution in [0.15, 0.2) is 24.3 Å². The highest BCUT2D eigenvalue weighted by Crippen LogP contribution is 2.35. The van der Waals surface area contributed by atoms with E-state index in [-0.39, 0.29) is 0 Å². The highest BCUT2D eigenvalue weighted by atomic mass is 16.5. The zero-order valence-corrected chi connectivity index (χ0v) is 15.3. The molecule has 2 aliphatic rings. The van der Waals surface area contributed by atoms with Crippen LogP contribution in [0.3, 0.4) is 0 Å². The van der Waals surface area contributed by atoms with E-state index in [0.717, 1.165) is 31.0 Å². The molecule has 0 aliphatic carbocycles. The summed E-state index contributed by atoms with van der Waals surface area (Å²) in [6.07, 6.45) is 5.94. The summed E-state index contributed by atoms with van der Waals surface area (Å²) < 4.78 is 6.31. The molecule has 3 heterocycles. The van der Waals surface area contributed by atoms with Gasteiger partial charge in [0.05, 0.1) is 17.8 Å². The molecule has 0 unspecified atom stereocenters. The molecule has 0 saturated carbocycles. The second kappa shape index (κ2) is 7.61. The first-order chi connectivity index (χ1) is 12.3. The van der Waals surface area contributed by atoms with Crippen molar-refractivity contribution in [3.63, 3.8) is 0 Å². The third-order valence-corrected chi connectivity index (χ3v) is 5.72. The van der Waals surface area contributed by atoms with Crippen LogP contribution in [0, 0.1) is 5.92 Å². The van der Waals surface area contributed by atoms with Crippen molar-refractivity contribution >= 4 is 16.6 Å². The molecule has 2 aromatic rings. The molecule has 134 valence electrons. The van der Waals surface area contributed by atoms with Crippen molar-refractivity contribution in [2.24, 2.45) is 5.92 Å². The summed E-state index contributed by atoms with van der Waals surface area (Å²) >= 11 is 0. The molecule has 0 bridgehead atoms. The number of nitrogens with zero attached hydrogens (tertiary/aromatic N) is 2. The minimum atomic E-state index is 0.658. The first kappa shape index (κ1) is 16.6. The van der Waals surface area contributed by atoms with Gasteiger partial charge in [-0.3, -0.25) is 0 Å². The van der Waals surface area contributed by atoms with Crippen molar-refractivity contribution in [2.45, 2.75) is 39.0 Å². The van der Waals surface area contributed by atoms with E-state index in [1.165, 1.54) is 62.0 Å². The molecule has 1 fully saturated rings. The highest BCUT2D eigenvalue weighted by Gasteiger charge is 2.21. The zero-order chi connectivity index (χ0) is 17.1. The number of benzene rings is 1. The number of ether oxygens (including phenoxy) is 1. The van der Waals surface area contributed by atoms with Crippen LogP contribution in [0.4, 0.5) is 5.69 Å². The van der Waals surface area contributed by atoms with Gasteiger partial charge in [-0.15, -0.1) is 0 Å². The second-order valence-corrected chi connectivity index (χ2v) is 7.36. The van der Waals surface area contributed by atoms with E-state index < -0.39 is 0 Å². The third-order valence-electron chi connectivity index (χ3n) is 5.72. The number of fused-ring (bicyclic) bond motifs is 3. The average Bonchev–Trinajstić information content (AvgIpc) is 2.93. The van der Waals surface area contributed by atoms with Crippen molar-refractivity contribution in [3.05, 3.63) is 29.8 Å². The fourth-order valence-corrected chi connectivity index (χ4v) is 4.09. The van der Waals surface area contributed by atoms with E-state index in [1.807, 2.05) is 0 Å². The average molecular weight is 339 g/mol. The van der Waals surface area contributed by atoms with Crippen LogP contribution in [-0.4, -0.2) is 42.7 Å². The maximum absolute atomic E-state index is 6.31.